The lowest BCUT2D eigenvalue weighted by Crippen LogP contribution is -2.35. The second kappa shape index (κ2) is 10.1. The fourth-order valence-corrected chi connectivity index (χ4v) is 5.00. The van der Waals surface area contributed by atoms with Crippen molar-refractivity contribution in [1.82, 2.24) is 9.21 Å². The number of ether oxygens (including phenoxy) is 2. The van der Waals surface area contributed by atoms with E-state index in [0.717, 1.165) is 30.8 Å². The Hall–Kier alpha value is -2.42. The monoisotopic (exact) mass is 432 g/mol. The van der Waals surface area contributed by atoms with Crippen molar-refractivity contribution in [1.29, 1.82) is 0 Å². The topological polar surface area (TPSA) is 76.2 Å². The fraction of sp³-hybridized carbons (Fsp3) is 0.409. The molecule has 0 radical (unpaired) electrons. The zero-order valence-corrected chi connectivity index (χ0v) is 18.2. The largest absolute Gasteiger partial charge is 0.497 e. The molecule has 7 nitrogen and oxygen atoms in total. The minimum atomic E-state index is -3.68. The molecule has 1 aliphatic rings. The number of hydrogen-bond donors (Lipinski definition) is 0. The van der Waals surface area contributed by atoms with Gasteiger partial charge in [-0.05, 0) is 55.8 Å². The normalized spacial score (nSPS) is 16.1. The molecule has 3 rings (SSSR count). The molecule has 0 spiro atoms. The van der Waals surface area contributed by atoms with Gasteiger partial charge in [0.25, 0.3) is 0 Å². The van der Waals surface area contributed by atoms with Crippen LogP contribution in [-0.2, 0) is 21.3 Å². The summed E-state index contributed by atoms with van der Waals surface area (Å²) in [6.07, 6.45) is 0.743. The molecule has 8 heteroatoms. The summed E-state index contributed by atoms with van der Waals surface area (Å²) in [4.78, 5) is 14.3. The SMILES string of the molecule is CCOC(=O)c1cccc(S(=O)(=O)N2CCCN(Cc3ccc(OC)cc3)CC2)c1. The van der Waals surface area contributed by atoms with Gasteiger partial charge in [0.1, 0.15) is 5.75 Å². The van der Waals surface area contributed by atoms with E-state index in [4.69, 9.17) is 9.47 Å². The number of esters is 1. The highest BCUT2D eigenvalue weighted by Gasteiger charge is 2.27. The van der Waals surface area contributed by atoms with Crippen molar-refractivity contribution in [2.45, 2.75) is 24.8 Å². The Bertz CT molecular complexity index is 960. The lowest BCUT2D eigenvalue weighted by atomic mass is 10.2. The predicted molar refractivity (Wildman–Crippen MR) is 114 cm³/mol. The van der Waals surface area contributed by atoms with Gasteiger partial charge < -0.3 is 9.47 Å². The summed E-state index contributed by atoms with van der Waals surface area (Å²) in [6.45, 7) is 5.03. The Kier molecular flexibility index (Phi) is 7.47. The maximum Gasteiger partial charge on any atom is 0.338 e. The Morgan fingerprint density at radius 2 is 1.80 bits per heavy atom. The molecule has 0 N–H and O–H groups in total. The van der Waals surface area contributed by atoms with E-state index in [1.807, 2.05) is 24.3 Å². The molecule has 0 saturated carbocycles. The molecule has 0 aliphatic carbocycles. The lowest BCUT2D eigenvalue weighted by molar-refractivity contribution is 0.0526. The molecule has 0 atom stereocenters. The molecule has 1 saturated heterocycles. The van der Waals surface area contributed by atoms with Crippen molar-refractivity contribution in [3.05, 3.63) is 59.7 Å². The molecular weight excluding hydrogens is 404 g/mol. The Morgan fingerprint density at radius 1 is 1.03 bits per heavy atom. The maximum atomic E-state index is 13.1. The third-order valence-corrected chi connectivity index (χ3v) is 6.99. The standard InChI is InChI=1S/C22H28N2O5S/c1-3-29-22(25)19-6-4-7-21(16-19)30(26,27)24-13-5-12-23(14-15-24)17-18-8-10-20(28-2)11-9-18/h4,6-11,16H,3,5,12-15,17H2,1-2H3. The first-order chi connectivity index (χ1) is 14.4. The van der Waals surface area contributed by atoms with Gasteiger partial charge in [-0.15, -0.1) is 0 Å². The highest BCUT2D eigenvalue weighted by atomic mass is 32.2. The number of sulfonamides is 1. The van der Waals surface area contributed by atoms with Crippen LogP contribution in [-0.4, -0.2) is 63.5 Å². The molecule has 0 aromatic heterocycles. The first kappa shape index (κ1) is 22.3. The molecule has 2 aromatic carbocycles. The predicted octanol–water partition coefficient (Wildman–Crippen LogP) is 2.77. The minimum Gasteiger partial charge on any atom is -0.497 e. The summed E-state index contributed by atoms with van der Waals surface area (Å²) in [6, 6.07) is 14.0. The zero-order chi connectivity index (χ0) is 21.6. The van der Waals surface area contributed by atoms with Crippen LogP contribution in [0.4, 0.5) is 0 Å². The Morgan fingerprint density at radius 3 is 2.50 bits per heavy atom. The highest BCUT2D eigenvalue weighted by Crippen LogP contribution is 2.20. The van der Waals surface area contributed by atoms with E-state index in [1.54, 1.807) is 26.2 Å². The van der Waals surface area contributed by atoms with E-state index in [9.17, 15) is 13.2 Å². The van der Waals surface area contributed by atoms with E-state index in [2.05, 4.69) is 4.90 Å². The lowest BCUT2D eigenvalue weighted by Gasteiger charge is -2.22. The summed E-state index contributed by atoms with van der Waals surface area (Å²) in [5.41, 5.74) is 1.41. The summed E-state index contributed by atoms with van der Waals surface area (Å²) < 4.78 is 38.0. The Balaban J connectivity index is 1.67. The van der Waals surface area contributed by atoms with Gasteiger partial charge in [0, 0.05) is 26.2 Å². The third kappa shape index (κ3) is 5.38. The molecule has 0 unspecified atom stereocenters. The van der Waals surface area contributed by atoms with Gasteiger partial charge in [0.15, 0.2) is 0 Å². The van der Waals surface area contributed by atoms with Crippen LogP contribution in [0.25, 0.3) is 0 Å². The van der Waals surface area contributed by atoms with Gasteiger partial charge in [-0.3, -0.25) is 4.90 Å². The van der Waals surface area contributed by atoms with Gasteiger partial charge in [0.05, 0.1) is 24.2 Å². The first-order valence-corrected chi connectivity index (χ1v) is 11.5. The first-order valence-electron chi connectivity index (χ1n) is 10.1. The van der Waals surface area contributed by atoms with Crippen LogP contribution in [0.2, 0.25) is 0 Å². The van der Waals surface area contributed by atoms with Crippen LogP contribution in [0.1, 0.15) is 29.3 Å². The van der Waals surface area contributed by atoms with E-state index in [0.29, 0.717) is 19.6 Å². The number of methoxy groups -OCH3 is 1. The van der Waals surface area contributed by atoms with Gasteiger partial charge in [0.2, 0.25) is 10.0 Å². The van der Waals surface area contributed by atoms with Crippen molar-refractivity contribution < 1.29 is 22.7 Å². The summed E-state index contributed by atoms with van der Waals surface area (Å²) in [5.74, 6) is 0.299. The van der Waals surface area contributed by atoms with Crippen molar-refractivity contribution in [3.8, 4) is 5.75 Å². The number of carbonyl (C=O) groups excluding carboxylic acids is 1. The molecular formula is C22H28N2O5S. The Labute approximate surface area is 178 Å². The molecule has 0 amide bonds. The number of carbonyl (C=O) groups is 1. The zero-order valence-electron chi connectivity index (χ0n) is 17.4. The smallest absolute Gasteiger partial charge is 0.338 e. The van der Waals surface area contributed by atoms with Gasteiger partial charge in [-0.1, -0.05) is 18.2 Å². The van der Waals surface area contributed by atoms with Crippen LogP contribution in [0.3, 0.4) is 0 Å². The van der Waals surface area contributed by atoms with E-state index in [1.165, 1.54) is 16.4 Å². The van der Waals surface area contributed by atoms with Crippen LogP contribution >= 0.6 is 0 Å². The van der Waals surface area contributed by atoms with Gasteiger partial charge >= 0.3 is 5.97 Å². The van der Waals surface area contributed by atoms with E-state index in [-0.39, 0.29) is 17.1 Å². The van der Waals surface area contributed by atoms with Crippen molar-refractivity contribution in [2.75, 3.05) is 39.9 Å². The summed E-state index contributed by atoms with van der Waals surface area (Å²) in [5, 5.41) is 0. The third-order valence-electron chi connectivity index (χ3n) is 5.10. The average Bonchev–Trinajstić information content (AvgIpc) is 3.01. The molecule has 1 heterocycles. The second-order valence-corrected chi connectivity index (χ2v) is 9.07. The van der Waals surface area contributed by atoms with Crippen LogP contribution in [0.15, 0.2) is 53.4 Å². The van der Waals surface area contributed by atoms with Gasteiger partial charge in [-0.25, -0.2) is 13.2 Å². The summed E-state index contributed by atoms with van der Waals surface area (Å²) in [7, 11) is -2.04. The minimum absolute atomic E-state index is 0.122. The molecule has 30 heavy (non-hydrogen) atoms. The molecule has 1 aliphatic heterocycles. The van der Waals surface area contributed by atoms with E-state index >= 15 is 0 Å². The van der Waals surface area contributed by atoms with Crippen molar-refractivity contribution in [3.63, 3.8) is 0 Å². The fourth-order valence-electron chi connectivity index (χ4n) is 3.48. The average molecular weight is 433 g/mol. The van der Waals surface area contributed by atoms with Crippen LogP contribution in [0, 0.1) is 0 Å². The second-order valence-electron chi connectivity index (χ2n) is 7.13. The molecule has 2 aromatic rings. The summed E-state index contributed by atoms with van der Waals surface area (Å²) >= 11 is 0. The molecule has 162 valence electrons. The number of nitrogens with zero attached hydrogens (tertiary/aromatic N) is 2. The van der Waals surface area contributed by atoms with Crippen molar-refractivity contribution in [2.24, 2.45) is 0 Å². The highest BCUT2D eigenvalue weighted by molar-refractivity contribution is 7.89. The van der Waals surface area contributed by atoms with Crippen LogP contribution < -0.4 is 4.74 Å². The van der Waals surface area contributed by atoms with Crippen LogP contribution in [0.5, 0.6) is 5.75 Å². The maximum absolute atomic E-state index is 13.1. The number of hydrogen-bond acceptors (Lipinski definition) is 6. The molecule has 0 bridgehead atoms. The van der Waals surface area contributed by atoms with Crippen molar-refractivity contribution >= 4 is 16.0 Å². The molecule has 1 fully saturated rings. The number of rotatable bonds is 7. The van der Waals surface area contributed by atoms with Gasteiger partial charge in [-0.2, -0.15) is 4.31 Å². The van der Waals surface area contributed by atoms with E-state index < -0.39 is 16.0 Å². The number of benzene rings is 2. The quantitative estimate of drug-likeness (QED) is 0.627.